The lowest BCUT2D eigenvalue weighted by Gasteiger charge is -2.29. The number of amides is 1. The molecule has 0 fully saturated rings. The van der Waals surface area contributed by atoms with Crippen molar-refractivity contribution in [2.45, 2.75) is 19.6 Å². The van der Waals surface area contributed by atoms with Crippen LogP contribution in [0.2, 0.25) is 5.02 Å². The molecule has 5 heteroatoms. The number of hydrogen-bond acceptors (Lipinski definition) is 3. The van der Waals surface area contributed by atoms with Crippen LogP contribution < -0.4 is 5.73 Å². The number of rotatable bonds is 7. The molecular formula is C15H23ClN2OS. The molecule has 0 saturated carbocycles. The Kier molecular flexibility index (Phi) is 6.86. The Morgan fingerprint density at radius 1 is 1.45 bits per heavy atom. The van der Waals surface area contributed by atoms with Gasteiger partial charge in [0.2, 0.25) is 5.91 Å². The highest BCUT2D eigenvalue weighted by Gasteiger charge is 2.20. The second-order valence-corrected chi connectivity index (χ2v) is 7.16. The first-order valence-electron chi connectivity index (χ1n) is 6.60. The Morgan fingerprint density at radius 3 is 2.75 bits per heavy atom. The molecule has 0 aliphatic heterocycles. The summed E-state index contributed by atoms with van der Waals surface area (Å²) in [5, 5.41) is 0.733. The Morgan fingerprint density at radius 2 is 2.15 bits per heavy atom. The lowest BCUT2D eigenvalue weighted by molar-refractivity contribution is -0.128. The Balaban J connectivity index is 2.36. The van der Waals surface area contributed by atoms with E-state index in [-0.39, 0.29) is 11.3 Å². The zero-order valence-electron chi connectivity index (χ0n) is 12.4. The van der Waals surface area contributed by atoms with Crippen molar-refractivity contribution in [2.24, 2.45) is 11.1 Å². The molecule has 112 valence electrons. The summed E-state index contributed by atoms with van der Waals surface area (Å²) in [6.45, 7) is 5.38. The number of thioether (sulfide) groups is 1. The van der Waals surface area contributed by atoms with Crippen molar-refractivity contribution in [3.63, 3.8) is 0 Å². The maximum atomic E-state index is 12.0. The second kappa shape index (κ2) is 7.91. The molecule has 0 spiro atoms. The summed E-state index contributed by atoms with van der Waals surface area (Å²) in [7, 11) is 1.83. The van der Waals surface area contributed by atoms with Crippen LogP contribution in [0.4, 0.5) is 0 Å². The predicted molar refractivity (Wildman–Crippen MR) is 88.1 cm³/mol. The van der Waals surface area contributed by atoms with Gasteiger partial charge in [0.15, 0.2) is 0 Å². The summed E-state index contributed by atoms with van der Waals surface area (Å²) in [6, 6.07) is 7.73. The zero-order chi connectivity index (χ0) is 15.2. The van der Waals surface area contributed by atoms with Gasteiger partial charge in [0.25, 0.3) is 0 Å². The molecule has 20 heavy (non-hydrogen) atoms. The highest BCUT2D eigenvalue weighted by Crippen LogP contribution is 2.18. The molecule has 1 aromatic rings. The SMILES string of the molecule is CN(CC(C)(C)CN)C(=O)CSCc1cccc(Cl)c1. The smallest absolute Gasteiger partial charge is 0.232 e. The second-order valence-electron chi connectivity index (χ2n) is 5.74. The summed E-state index contributed by atoms with van der Waals surface area (Å²) < 4.78 is 0. The minimum atomic E-state index is -0.0397. The van der Waals surface area contributed by atoms with Crippen LogP contribution in [0.15, 0.2) is 24.3 Å². The van der Waals surface area contributed by atoms with E-state index in [2.05, 4.69) is 13.8 Å². The summed E-state index contributed by atoms with van der Waals surface area (Å²) in [6.07, 6.45) is 0. The summed E-state index contributed by atoms with van der Waals surface area (Å²) in [5.74, 6) is 1.41. The van der Waals surface area contributed by atoms with Crippen molar-refractivity contribution >= 4 is 29.3 Å². The van der Waals surface area contributed by atoms with Crippen LogP contribution in [0.5, 0.6) is 0 Å². The van der Waals surface area contributed by atoms with Crippen LogP contribution in [0.3, 0.4) is 0 Å². The van der Waals surface area contributed by atoms with Crippen molar-refractivity contribution in [1.82, 2.24) is 4.90 Å². The van der Waals surface area contributed by atoms with E-state index in [1.165, 1.54) is 0 Å². The molecule has 0 saturated heterocycles. The maximum Gasteiger partial charge on any atom is 0.232 e. The highest BCUT2D eigenvalue weighted by molar-refractivity contribution is 7.99. The molecule has 0 atom stereocenters. The van der Waals surface area contributed by atoms with Gasteiger partial charge in [0, 0.05) is 24.4 Å². The molecule has 0 aliphatic rings. The molecule has 0 radical (unpaired) electrons. The van der Waals surface area contributed by atoms with Crippen LogP contribution in [0.1, 0.15) is 19.4 Å². The van der Waals surface area contributed by atoms with Crippen molar-refractivity contribution in [2.75, 3.05) is 25.9 Å². The van der Waals surface area contributed by atoms with E-state index < -0.39 is 0 Å². The molecule has 2 N–H and O–H groups in total. The van der Waals surface area contributed by atoms with Crippen LogP contribution in [-0.2, 0) is 10.5 Å². The third-order valence-electron chi connectivity index (χ3n) is 3.03. The van der Waals surface area contributed by atoms with E-state index in [9.17, 15) is 4.79 Å². The average molecular weight is 315 g/mol. The zero-order valence-corrected chi connectivity index (χ0v) is 13.9. The van der Waals surface area contributed by atoms with Gasteiger partial charge in [-0.15, -0.1) is 11.8 Å². The Hall–Kier alpha value is -0.710. The molecule has 0 bridgehead atoms. The highest BCUT2D eigenvalue weighted by atomic mass is 35.5. The lowest BCUT2D eigenvalue weighted by Crippen LogP contribution is -2.40. The van der Waals surface area contributed by atoms with Gasteiger partial charge in [-0.1, -0.05) is 37.6 Å². The van der Waals surface area contributed by atoms with E-state index >= 15 is 0 Å². The number of carbonyl (C=O) groups excluding carboxylic acids is 1. The predicted octanol–water partition coefficient (Wildman–Crippen LogP) is 3.02. The van der Waals surface area contributed by atoms with Crippen molar-refractivity contribution in [3.05, 3.63) is 34.9 Å². The quantitative estimate of drug-likeness (QED) is 0.841. The maximum absolute atomic E-state index is 12.0. The minimum absolute atomic E-state index is 0.0397. The molecule has 1 amide bonds. The van der Waals surface area contributed by atoms with Gasteiger partial charge in [0.05, 0.1) is 5.75 Å². The molecule has 0 heterocycles. The Labute approximate surface area is 130 Å². The van der Waals surface area contributed by atoms with Crippen LogP contribution >= 0.6 is 23.4 Å². The molecule has 0 aliphatic carbocycles. The van der Waals surface area contributed by atoms with Crippen LogP contribution in [0.25, 0.3) is 0 Å². The summed E-state index contributed by atoms with van der Waals surface area (Å²) in [4.78, 5) is 13.8. The number of hydrogen-bond donors (Lipinski definition) is 1. The number of halogens is 1. The Bertz CT molecular complexity index is 451. The molecular weight excluding hydrogens is 292 g/mol. The van der Waals surface area contributed by atoms with Gasteiger partial charge >= 0.3 is 0 Å². The molecule has 1 aromatic carbocycles. The average Bonchev–Trinajstić information content (AvgIpc) is 2.38. The monoisotopic (exact) mass is 314 g/mol. The summed E-state index contributed by atoms with van der Waals surface area (Å²) >= 11 is 7.53. The molecule has 1 rings (SSSR count). The first-order valence-corrected chi connectivity index (χ1v) is 8.13. The molecule has 0 unspecified atom stereocenters. The van der Waals surface area contributed by atoms with E-state index in [0.717, 1.165) is 16.3 Å². The van der Waals surface area contributed by atoms with E-state index in [1.807, 2.05) is 31.3 Å². The van der Waals surface area contributed by atoms with Gasteiger partial charge in [0.1, 0.15) is 0 Å². The minimum Gasteiger partial charge on any atom is -0.344 e. The standard InChI is InChI=1S/C15H23ClN2OS/c1-15(2,10-17)11-18(3)14(19)9-20-8-12-5-4-6-13(16)7-12/h4-7H,8-11,17H2,1-3H3. The largest absolute Gasteiger partial charge is 0.344 e. The number of carbonyl (C=O) groups is 1. The third-order valence-corrected chi connectivity index (χ3v) is 4.25. The fourth-order valence-corrected chi connectivity index (χ4v) is 2.91. The fourth-order valence-electron chi connectivity index (χ4n) is 1.79. The van der Waals surface area contributed by atoms with Gasteiger partial charge < -0.3 is 10.6 Å². The van der Waals surface area contributed by atoms with Crippen LogP contribution in [-0.4, -0.2) is 36.7 Å². The van der Waals surface area contributed by atoms with Crippen molar-refractivity contribution < 1.29 is 4.79 Å². The molecule has 3 nitrogen and oxygen atoms in total. The van der Waals surface area contributed by atoms with Gasteiger partial charge in [-0.05, 0) is 29.7 Å². The molecule has 0 aromatic heterocycles. The third kappa shape index (κ3) is 6.16. The van der Waals surface area contributed by atoms with E-state index in [4.69, 9.17) is 17.3 Å². The van der Waals surface area contributed by atoms with E-state index in [1.54, 1.807) is 16.7 Å². The van der Waals surface area contributed by atoms with Gasteiger partial charge in [-0.2, -0.15) is 0 Å². The van der Waals surface area contributed by atoms with Crippen molar-refractivity contribution in [3.8, 4) is 0 Å². The number of nitrogens with zero attached hydrogens (tertiary/aromatic N) is 1. The lowest BCUT2D eigenvalue weighted by atomic mass is 9.93. The van der Waals surface area contributed by atoms with Gasteiger partial charge in [-0.25, -0.2) is 0 Å². The van der Waals surface area contributed by atoms with Gasteiger partial charge in [-0.3, -0.25) is 4.79 Å². The first-order chi connectivity index (χ1) is 9.34. The van der Waals surface area contributed by atoms with E-state index in [0.29, 0.717) is 18.8 Å². The fraction of sp³-hybridized carbons (Fsp3) is 0.533. The number of nitrogens with two attached hydrogens (primary N) is 1. The topological polar surface area (TPSA) is 46.3 Å². The van der Waals surface area contributed by atoms with Crippen LogP contribution in [0, 0.1) is 5.41 Å². The summed E-state index contributed by atoms with van der Waals surface area (Å²) in [5.41, 5.74) is 6.79. The number of benzene rings is 1. The van der Waals surface area contributed by atoms with Crippen molar-refractivity contribution in [1.29, 1.82) is 0 Å². The first kappa shape index (κ1) is 17.3. The normalized spacial score (nSPS) is 11.4.